The van der Waals surface area contributed by atoms with Gasteiger partial charge >= 0.3 is 21.7 Å². The van der Waals surface area contributed by atoms with E-state index in [1.54, 1.807) is 0 Å². The van der Waals surface area contributed by atoms with E-state index in [-0.39, 0.29) is 21.7 Å². The maximum absolute atomic E-state index is 8.32. The summed E-state index contributed by atoms with van der Waals surface area (Å²) in [4.78, 5) is 0. The first-order valence-corrected chi connectivity index (χ1v) is 19.6. The summed E-state index contributed by atoms with van der Waals surface area (Å²) in [5.74, 6) is 5.74. The molecule has 5 heterocycles. The SMILES string of the molecule is [CH-]1CCCC2C3NC(NC4NC(NC5NC(NC6NC(N3)C3CCCCC63)C3CCCCC53)C3CCCCC43)C12.[CH2-][C@@H](O)[C@H](C)O.[Ti+2]. The van der Waals surface area contributed by atoms with Gasteiger partial charge in [-0.25, -0.2) is 0 Å². The van der Waals surface area contributed by atoms with Crippen LogP contribution in [-0.2, 0) is 21.7 Å². The van der Waals surface area contributed by atoms with Gasteiger partial charge in [0.1, 0.15) is 0 Å². The van der Waals surface area contributed by atoms with E-state index >= 15 is 0 Å². The summed E-state index contributed by atoms with van der Waals surface area (Å²) in [5.41, 5.74) is 0. The summed E-state index contributed by atoms with van der Waals surface area (Å²) in [5, 5.41) is 50.2. The zero-order valence-corrected chi connectivity index (χ0v) is 30.2. The number of fused-ring (bicyclic) bond motifs is 20. The summed E-state index contributed by atoms with van der Waals surface area (Å²) >= 11 is 0. The topological polar surface area (TPSA) is 137 Å². The molecular weight excluding hydrogens is 624 g/mol. The molecule has 0 aromatic rings. The second kappa shape index (κ2) is 15.5. The summed E-state index contributed by atoms with van der Waals surface area (Å²) in [6, 6.07) is 0. The van der Waals surface area contributed by atoms with Crippen molar-refractivity contribution in [3.8, 4) is 0 Å². The average Bonchev–Trinajstić information content (AvgIpc) is 3.81. The van der Waals surface area contributed by atoms with Gasteiger partial charge in [0.25, 0.3) is 0 Å². The van der Waals surface area contributed by atoms with E-state index in [0.29, 0.717) is 61.2 Å². The van der Waals surface area contributed by atoms with E-state index in [9.17, 15) is 0 Å². The fraction of sp³-hybridized carbons (Fsp3) is 0.944. The van der Waals surface area contributed by atoms with Crippen LogP contribution in [0.5, 0.6) is 0 Å². The molecule has 0 aromatic heterocycles. The maximum atomic E-state index is 8.32. The van der Waals surface area contributed by atoms with Crippen LogP contribution in [-0.4, -0.2) is 71.7 Å². The van der Waals surface area contributed by atoms with Crippen molar-refractivity contribution in [2.75, 3.05) is 0 Å². The number of aliphatic hydroxyl groups excluding tert-OH is 2. The van der Waals surface area contributed by atoms with Crippen molar-refractivity contribution in [1.82, 2.24) is 42.5 Å². The van der Waals surface area contributed by atoms with Gasteiger partial charge in [0, 0.05) is 12.3 Å². The molecule has 11 heteroatoms. The van der Waals surface area contributed by atoms with Gasteiger partial charge in [-0.15, -0.1) is 5.92 Å². The second-order valence-electron chi connectivity index (χ2n) is 16.7. The Balaban J connectivity index is 0.000000462. The van der Waals surface area contributed by atoms with Crippen LogP contribution in [0.1, 0.15) is 103 Å². The van der Waals surface area contributed by atoms with E-state index in [4.69, 9.17) is 10.2 Å². The molecule has 9 fully saturated rings. The molecule has 5 aliphatic heterocycles. The Morgan fingerprint density at radius 3 is 1.02 bits per heavy atom. The Kier molecular flexibility index (Phi) is 11.8. The minimum absolute atomic E-state index is 0. The third kappa shape index (κ3) is 7.21. The average molecular weight is 689 g/mol. The van der Waals surface area contributed by atoms with Crippen molar-refractivity contribution in [1.29, 1.82) is 0 Å². The number of aliphatic hydroxyl groups is 2. The number of rotatable bonds is 1. The van der Waals surface area contributed by atoms with Crippen molar-refractivity contribution < 1.29 is 31.9 Å². The molecule has 10 N–H and O–H groups in total. The molecule has 8 bridgehead atoms. The Bertz CT molecular complexity index is 811. The molecule has 4 aliphatic carbocycles. The molecule has 47 heavy (non-hydrogen) atoms. The molecule has 9 rings (SSSR count). The van der Waals surface area contributed by atoms with Crippen LogP contribution in [0.4, 0.5) is 0 Å². The fourth-order valence-electron chi connectivity index (χ4n) is 11.7. The maximum Gasteiger partial charge on any atom is 2.00 e. The van der Waals surface area contributed by atoms with Crippen molar-refractivity contribution >= 4 is 0 Å². The van der Waals surface area contributed by atoms with E-state index in [0.717, 1.165) is 35.5 Å². The predicted molar refractivity (Wildman–Crippen MR) is 180 cm³/mol. The molecule has 264 valence electrons. The van der Waals surface area contributed by atoms with Crippen LogP contribution in [0, 0.1) is 60.7 Å². The summed E-state index contributed by atoms with van der Waals surface area (Å²) in [6.45, 7) is 4.63. The largest absolute Gasteiger partial charge is 2.00 e. The zero-order chi connectivity index (χ0) is 31.4. The van der Waals surface area contributed by atoms with E-state index in [1.807, 2.05) is 0 Å². The first-order chi connectivity index (χ1) is 22.4. The van der Waals surface area contributed by atoms with Gasteiger partial charge in [-0.3, -0.25) is 42.5 Å². The second-order valence-corrected chi connectivity index (χ2v) is 16.7. The van der Waals surface area contributed by atoms with Crippen molar-refractivity contribution in [3.63, 3.8) is 0 Å². The van der Waals surface area contributed by atoms with Crippen LogP contribution in [0.3, 0.4) is 0 Å². The first-order valence-electron chi connectivity index (χ1n) is 19.6. The Morgan fingerprint density at radius 2 is 0.723 bits per heavy atom. The normalized spacial score (nSPS) is 51.6. The smallest absolute Gasteiger partial charge is 0.423 e. The van der Waals surface area contributed by atoms with Gasteiger partial charge < -0.3 is 23.6 Å². The molecule has 0 spiro atoms. The Hall–Kier alpha value is 0.314. The van der Waals surface area contributed by atoms with Gasteiger partial charge in [0.2, 0.25) is 0 Å². The van der Waals surface area contributed by atoms with Crippen LogP contribution in [0.25, 0.3) is 0 Å². The minimum Gasteiger partial charge on any atom is -0.423 e. The van der Waals surface area contributed by atoms with E-state index < -0.39 is 12.2 Å². The third-order valence-electron chi connectivity index (χ3n) is 14.1. The van der Waals surface area contributed by atoms with Crippen molar-refractivity contribution in [2.45, 2.75) is 165 Å². The quantitative estimate of drug-likeness (QED) is 0.147. The van der Waals surface area contributed by atoms with Crippen molar-refractivity contribution in [2.24, 2.45) is 47.3 Å². The first kappa shape index (κ1) is 35.7. The molecule has 0 aromatic carbocycles. The molecule has 4 saturated carbocycles. The molecule has 10 nitrogen and oxygen atoms in total. The van der Waals surface area contributed by atoms with Gasteiger partial charge in [0.05, 0.1) is 43.2 Å². The van der Waals surface area contributed by atoms with E-state index in [1.165, 1.54) is 103 Å². The zero-order valence-electron chi connectivity index (χ0n) is 28.7. The fourth-order valence-corrected chi connectivity index (χ4v) is 11.7. The van der Waals surface area contributed by atoms with Crippen LogP contribution in [0.2, 0.25) is 0 Å². The molecule has 18 atom stereocenters. The number of nitrogens with one attached hydrogen (secondary N) is 8. The Morgan fingerprint density at radius 1 is 0.468 bits per heavy atom. The molecule has 16 unspecified atom stereocenters. The summed E-state index contributed by atoms with van der Waals surface area (Å²) in [6.07, 6.45) is 24.9. The predicted octanol–water partition coefficient (Wildman–Crippen LogP) is 1.98. The van der Waals surface area contributed by atoms with Gasteiger partial charge in [0.15, 0.2) is 0 Å². The molecular formula is C36H64N8O2Ti. The van der Waals surface area contributed by atoms with Gasteiger partial charge in [-0.1, -0.05) is 51.4 Å². The summed E-state index contributed by atoms with van der Waals surface area (Å²) < 4.78 is 0. The van der Waals surface area contributed by atoms with Crippen LogP contribution in [0.15, 0.2) is 0 Å². The van der Waals surface area contributed by atoms with Gasteiger partial charge in [-0.05, 0) is 93.0 Å². The molecule has 0 radical (unpaired) electrons. The summed E-state index contributed by atoms with van der Waals surface area (Å²) in [7, 11) is 0. The Labute approximate surface area is 298 Å². The monoisotopic (exact) mass is 688 g/mol. The molecule has 0 amide bonds. The third-order valence-corrected chi connectivity index (χ3v) is 14.1. The van der Waals surface area contributed by atoms with Gasteiger partial charge in [-0.2, -0.15) is 6.42 Å². The van der Waals surface area contributed by atoms with Crippen LogP contribution < -0.4 is 42.5 Å². The number of hydrogen-bond acceptors (Lipinski definition) is 10. The standard InChI is InChI=1S/C32H55N8.C4H9O2.Ti/c1-2-10-18-17(9-1)25-33-26(18)38-28-21-13-5-6-14-22(21)30(35-28)40-32-24-16-8-7-15-23(24)31(36-32)39-29-20-12-4-3-11-19(20)27(34-29)37-25;1-3(5)4(2)6;/h9,17-40H,1-8,10-16H2;3-6H,1H2,2H3;/q2*-1;+2/t;3-,4+;/m.1./s1. The molecule has 5 saturated heterocycles. The number of hydrogen-bond donors (Lipinski definition) is 10. The van der Waals surface area contributed by atoms with Crippen molar-refractivity contribution in [3.05, 3.63) is 13.3 Å². The minimum atomic E-state index is -0.843. The van der Waals surface area contributed by atoms with E-state index in [2.05, 4.69) is 55.9 Å². The molecule has 9 aliphatic rings. The van der Waals surface area contributed by atoms with Crippen LogP contribution >= 0.6 is 0 Å².